The van der Waals surface area contributed by atoms with Crippen molar-refractivity contribution in [1.29, 1.82) is 0 Å². The normalized spacial score (nSPS) is 18.9. The fourth-order valence-corrected chi connectivity index (χ4v) is 3.32. The molecule has 1 aromatic rings. The number of aromatic hydroxyl groups is 1. The quantitative estimate of drug-likeness (QED) is 0.866. The monoisotopic (exact) mass is 318 g/mol. The van der Waals surface area contributed by atoms with Gasteiger partial charge in [0.15, 0.2) is 0 Å². The summed E-state index contributed by atoms with van der Waals surface area (Å²) in [5.41, 5.74) is 3.30. The standard InChI is InChI=1S/C20H34N2O/c1-14(22-10-8-21-9-11-22)15-12-16(19(2,3)4)18(23)17(13-15)20(5,6)7/h12-14,21,23H,8-11H2,1-7H3/t14-/m1/s1. The lowest BCUT2D eigenvalue weighted by Gasteiger charge is -2.35. The summed E-state index contributed by atoms with van der Waals surface area (Å²) < 4.78 is 0. The van der Waals surface area contributed by atoms with Gasteiger partial charge in [0, 0.05) is 32.2 Å². The van der Waals surface area contributed by atoms with Crippen LogP contribution in [0.3, 0.4) is 0 Å². The molecule has 130 valence electrons. The highest BCUT2D eigenvalue weighted by Crippen LogP contribution is 2.41. The van der Waals surface area contributed by atoms with Gasteiger partial charge in [-0.25, -0.2) is 0 Å². The van der Waals surface area contributed by atoms with E-state index in [1.807, 2.05) is 0 Å². The van der Waals surface area contributed by atoms with Crippen LogP contribution in [0.25, 0.3) is 0 Å². The van der Waals surface area contributed by atoms with E-state index in [1.54, 1.807) is 0 Å². The predicted molar refractivity (Wildman–Crippen MR) is 98.4 cm³/mol. The molecule has 2 rings (SSSR count). The summed E-state index contributed by atoms with van der Waals surface area (Å²) in [6.07, 6.45) is 0. The summed E-state index contributed by atoms with van der Waals surface area (Å²) >= 11 is 0. The van der Waals surface area contributed by atoms with Crippen LogP contribution in [0.15, 0.2) is 12.1 Å². The van der Waals surface area contributed by atoms with E-state index in [4.69, 9.17) is 0 Å². The van der Waals surface area contributed by atoms with Gasteiger partial charge in [-0.1, -0.05) is 41.5 Å². The number of nitrogens with one attached hydrogen (secondary N) is 1. The molecule has 3 nitrogen and oxygen atoms in total. The average molecular weight is 319 g/mol. The smallest absolute Gasteiger partial charge is 0.123 e. The van der Waals surface area contributed by atoms with Crippen molar-refractivity contribution in [2.75, 3.05) is 26.2 Å². The fourth-order valence-electron chi connectivity index (χ4n) is 3.32. The minimum absolute atomic E-state index is 0.0662. The Hall–Kier alpha value is -1.06. The highest BCUT2D eigenvalue weighted by molar-refractivity contribution is 5.50. The van der Waals surface area contributed by atoms with Crippen LogP contribution in [-0.2, 0) is 10.8 Å². The van der Waals surface area contributed by atoms with Gasteiger partial charge < -0.3 is 10.4 Å². The van der Waals surface area contributed by atoms with Crippen LogP contribution in [0.1, 0.15) is 71.2 Å². The number of rotatable bonds is 2. The third kappa shape index (κ3) is 4.07. The van der Waals surface area contributed by atoms with Crippen molar-refractivity contribution in [3.05, 3.63) is 28.8 Å². The zero-order valence-corrected chi connectivity index (χ0v) is 16.0. The highest BCUT2D eigenvalue weighted by Gasteiger charge is 2.28. The Labute approximate surface area is 142 Å². The maximum atomic E-state index is 10.9. The highest BCUT2D eigenvalue weighted by atomic mass is 16.3. The largest absolute Gasteiger partial charge is 0.507 e. The summed E-state index contributed by atoms with van der Waals surface area (Å²) in [7, 11) is 0. The Morgan fingerprint density at radius 2 is 1.39 bits per heavy atom. The number of benzene rings is 1. The SMILES string of the molecule is C[C@H](c1cc(C(C)(C)C)c(O)c(C(C)(C)C)c1)N1CCNCC1. The minimum Gasteiger partial charge on any atom is -0.507 e. The number of phenols is 1. The molecule has 0 amide bonds. The molecule has 0 bridgehead atoms. The lowest BCUT2D eigenvalue weighted by molar-refractivity contribution is 0.185. The van der Waals surface area contributed by atoms with Gasteiger partial charge >= 0.3 is 0 Å². The first kappa shape index (κ1) is 18.3. The van der Waals surface area contributed by atoms with Crippen LogP contribution in [0.2, 0.25) is 0 Å². The Kier molecular flexibility index (Phi) is 5.12. The summed E-state index contributed by atoms with van der Waals surface area (Å²) in [6.45, 7) is 19.6. The van der Waals surface area contributed by atoms with E-state index in [0.29, 0.717) is 11.8 Å². The summed E-state index contributed by atoms with van der Waals surface area (Å²) in [4.78, 5) is 2.53. The lowest BCUT2D eigenvalue weighted by Crippen LogP contribution is -2.44. The van der Waals surface area contributed by atoms with Crippen molar-refractivity contribution in [1.82, 2.24) is 10.2 Å². The van der Waals surface area contributed by atoms with Crippen LogP contribution < -0.4 is 5.32 Å². The van der Waals surface area contributed by atoms with Crippen LogP contribution >= 0.6 is 0 Å². The van der Waals surface area contributed by atoms with Crippen molar-refractivity contribution in [2.24, 2.45) is 0 Å². The number of nitrogens with zero attached hydrogens (tertiary/aromatic N) is 1. The Balaban J connectivity index is 2.51. The molecule has 0 aliphatic carbocycles. The number of piperazine rings is 1. The third-order valence-corrected chi connectivity index (χ3v) is 4.93. The van der Waals surface area contributed by atoms with E-state index in [-0.39, 0.29) is 10.8 Å². The molecule has 0 unspecified atom stereocenters. The minimum atomic E-state index is -0.0662. The number of hydrogen-bond acceptors (Lipinski definition) is 3. The molecule has 0 radical (unpaired) electrons. The van der Waals surface area contributed by atoms with Gasteiger partial charge in [0.2, 0.25) is 0 Å². The Bertz CT molecular complexity index is 511. The molecule has 0 spiro atoms. The first-order valence-electron chi connectivity index (χ1n) is 8.84. The molecule has 1 saturated heterocycles. The van der Waals surface area contributed by atoms with E-state index in [9.17, 15) is 5.11 Å². The van der Waals surface area contributed by atoms with Gasteiger partial charge in [0.05, 0.1) is 0 Å². The molecule has 23 heavy (non-hydrogen) atoms. The van der Waals surface area contributed by atoms with Crippen LogP contribution in [0.5, 0.6) is 5.75 Å². The maximum Gasteiger partial charge on any atom is 0.123 e. The second kappa shape index (κ2) is 6.45. The van der Waals surface area contributed by atoms with Gasteiger partial charge in [0.1, 0.15) is 5.75 Å². The maximum absolute atomic E-state index is 10.9. The third-order valence-electron chi connectivity index (χ3n) is 4.93. The number of phenolic OH excluding ortho intramolecular Hbond substituents is 1. The second-order valence-electron chi connectivity index (χ2n) is 8.93. The molecule has 1 aliphatic heterocycles. The summed E-state index contributed by atoms with van der Waals surface area (Å²) in [5.74, 6) is 0.473. The molecule has 1 aliphatic rings. The predicted octanol–water partition coefficient (Wildman–Crippen LogP) is 3.95. The molecular formula is C20H34N2O. The molecule has 0 saturated carbocycles. The van der Waals surface area contributed by atoms with Gasteiger partial charge in [-0.15, -0.1) is 0 Å². The topological polar surface area (TPSA) is 35.5 Å². The molecular weight excluding hydrogens is 284 g/mol. The first-order valence-corrected chi connectivity index (χ1v) is 8.84. The second-order valence-corrected chi connectivity index (χ2v) is 8.93. The van der Waals surface area contributed by atoms with Crippen LogP contribution in [-0.4, -0.2) is 36.2 Å². The van der Waals surface area contributed by atoms with Crippen molar-refractivity contribution < 1.29 is 5.11 Å². The molecule has 1 fully saturated rings. The zero-order chi connectivity index (χ0) is 17.4. The van der Waals surface area contributed by atoms with Crippen molar-refractivity contribution in [2.45, 2.75) is 65.3 Å². The molecule has 1 atom stereocenters. The molecule has 1 heterocycles. The summed E-state index contributed by atoms with van der Waals surface area (Å²) in [6, 6.07) is 4.81. The van der Waals surface area contributed by atoms with E-state index in [0.717, 1.165) is 37.3 Å². The van der Waals surface area contributed by atoms with E-state index >= 15 is 0 Å². The Morgan fingerprint density at radius 1 is 0.957 bits per heavy atom. The fraction of sp³-hybridized carbons (Fsp3) is 0.700. The molecule has 0 aromatic heterocycles. The van der Waals surface area contributed by atoms with Gasteiger partial charge in [-0.05, 0) is 46.6 Å². The van der Waals surface area contributed by atoms with Gasteiger partial charge in [-0.2, -0.15) is 0 Å². The van der Waals surface area contributed by atoms with E-state index in [1.165, 1.54) is 5.56 Å². The van der Waals surface area contributed by atoms with Gasteiger partial charge in [-0.3, -0.25) is 4.90 Å². The lowest BCUT2D eigenvalue weighted by atomic mass is 9.77. The molecule has 2 N–H and O–H groups in total. The molecule has 3 heteroatoms. The van der Waals surface area contributed by atoms with E-state index in [2.05, 4.69) is 70.8 Å². The van der Waals surface area contributed by atoms with E-state index < -0.39 is 0 Å². The van der Waals surface area contributed by atoms with Crippen LogP contribution in [0.4, 0.5) is 0 Å². The van der Waals surface area contributed by atoms with Crippen LogP contribution in [0, 0.1) is 0 Å². The van der Waals surface area contributed by atoms with Crippen molar-refractivity contribution in [3.8, 4) is 5.75 Å². The average Bonchev–Trinajstić information content (AvgIpc) is 2.45. The van der Waals surface area contributed by atoms with Gasteiger partial charge in [0.25, 0.3) is 0 Å². The molecule has 1 aromatic carbocycles. The first-order chi connectivity index (χ1) is 10.5. The number of hydrogen-bond donors (Lipinski definition) is 2. The van der Waals surface area contributed by atoms with Crippen molar-refractivity contribution in [3.63, 3.8) is 0 Å². The van der Waals surface area contributed by atoms with Crippen molar-refractivity contribution >= 4 is 0 Å². The Morgan fingerprint density at radius 3 is 1.78 bits per heavy atom. The summed E-state index contributed by atoms with van der Waals surface area (Å²) in [5, 5.41) is 14.3. The zero-order valence-electron chi connectivity index (χ0n) is 16.0.